The summed E-state index contributed by atoms with van der Waals surface area (Å²) in [4.78, 5) is 31.9. The number of anilines is 1. The third-order valence-corrected chi connectivity index (χ3v) is 15.3. The smallest absolute Gasteiger partial charge is 0.262 e. The van der Waals surface area contributed by atoms with Crippen LogP contribution in [0.2, 0.25) is 5.02 Å². The lowest BCUT2D eigenvalue weighted by molar-refractivity contribution is -0.124. The molecule has 5 aliphatic rings. The van der Waals surface area contributed by atoms with E-state index in [-0.39, 0.29) is 34.3 Å². The van der Waals surface area contributed by atoms with Crippen molar-refractivity contribution in [2.24, 2.45) is 17.8 Å². The Morgan fingerprint density at radius 1 is 1.10 bits per heavy atom. The van der Waals surface area contributed by atoms with Crippen molar-refractivity contribution in [1.29, 1.82) is 0 Å². The molecule has 278 valence electrons. The number of hydrogen-bond acceptors (Lipinski definition) is 7. The fourth-order valence-corrected chi connectivity index (χ4v) is 11.5. The topological polar surface area (TPSA) is 100 Å². The molecule has 2 amide bonds. The maximum atomic E-state index is 14.0. The molecule has 2 aromatic rings. The molecule has 51 heavy (non-hydrogen) atoms. The molecule has 1 saturated heterocycles. The van der Waals surface area contributed by atoms with Gasteiger partial charge in [-0.2, -0.15) is 0 Å². The monoisotopic (exact) mass is 738 g/mol. The van der Waals surface area contributed by atoms with Crippen LogP contribution in [0.1, 0.15) is 87.2 Å². The van der Waals surface area contributed by atoms with Crippen LogP contribution >= 0.6 is 11.6 Å². The predicted molar refractivity (Wildman–Crippen MR) is 205 cm³/mol. The first kappa shape index (κ1) is 36.6. The van der Waals surface area contributed by atoms with Crippen molar-refractivity contribution in [2.45, 2.75) is 88.3 Å². The van der Waals surface area contributed by atoms with Gasteiger partial charge in [0.05, 0.1) is 40.8 Å². The highest BCUT2D eigenvalue weighted by Gasteiger charge is 2.50. The molecule has 1 spiro atoms. The molecule has 9 nitrogen and oxygen atoms in total. The number of nitrogens with zero attached hydrogens (tertiary/aromatic N) is 2. The van der Waals surface area contributed by atoms with Gasteiger partial charge in [0.15, 0.2) is 0 Å². The number of fused-ring (bicyclic) bond motifs is 4. The Bertz CT molecular complexity index is 1750. The summed E-state index contributed by atoms with van der Waals surface area (Å²) in [7, 11) is -2.96. The van der Waals surface area contributed by atoms with E-state index in [1.54, 1.807) is 13.0 Å². The van der Waals surface area contributed by atoms with Gasteiger partial charge in [0.1, 0.15) is 5.75 Å². The van der Waals surface area contributed by atoms with Crippen molar-refractivity contribution < 1.29 is 23.3 Å². The molecule has 2 bridgehead atoms. The summed E-state index contributed by atoms with van der Waals surface area (Å²) in [6.07, 6.45) is 7.64. The maximum Gasteiger partial charge on any atom is 0.262 e. The highest BCUT2D eigenvalue weighted by Crippen LogP contribution is 2.49. The van der Waals surface area contributed by atoms with Crippen molar-refractivity contribution in [3.63, 3.8) is 0 Å². The average Bonchev–Trinajstić information content (AvgIpc) is 3.22. The Labute approximate surface area is 309 Å². The number of nitrogens with one attached hydrogen (secondary N) is 2. The van der Waals surface area contributed by atoms with Gasteiger partial charge >= 0.3 is 0 Å². The Kier molecular flexibility index (Phi) is 10.4. The van der Waals surface area contributed by atoms with E-state index in [1.165, 1.54) is 11.1 Å². The molecule has 2 aliphatic carbocycles. The second-order valence-corrected chi connectivity index (χ2v) is 19.0. The number of ether oxygens (including phenoxy) is 2. The van der Waals surface area contributed by atoms with Gasteiger partial charge in [0.25, 0.3) is 5.91 Å². The lowest BCUT2D eigenvalue weighted by atomic mass is 9.60. The summed E-state index contributed by atoms with van der Waals surface area (Å²) in [6.45, 7) is 11.6. The van der Waals surface area contributed by atoms with Crippen molar-refractivity contribution in [2.75, 3.05) is 57.4 Å². The quantitative estimate of drug-likeness (QED) is 0.395. The van der Waals surface area contributed by atoms with Gasteiger partial charge in [-0.1, -0.05) is 31.0 Å². The maximum absolute atomic E-state index is 14.0. The number of amides is 2. The highest BCUT2D eigenvalue weighted by atomic mass is 35.5. The third kappa shape index (κ3) is 7.40. The van der Waals surface area contributed by atoms with Crippen LogP contribution in [0, 0.1) is 17.8 Å². The fraction of sp³-hybridized carbons (Fsp3) is 0.625. The summed E-state index contributed by atoms with van der Waals surface area (Å²) >= 11 is 6.50. The normalized spacial score (nSPS) is 34.6. The van der Waals surface area contributed by atoms with E-state index in [4.69, 9.17) is 21.1 Å². The lowest BCUT2D eigenvalue weighted by Crippen LogP contribution is -2.65. The number of rotatable bonds is 3. The minimum atomic E-state index is -2.96. The molecule has 11 heteroatoms. The van der Waals surface area contributed by atoms with Crippen molar-refractivity contribution in [3.05, 3.63) is 58.1 Å². The van der Waals surface area contributed by atoms with E-state index in [2.05, 4.69) is 44.8 Å². The van der Waals surface area contributed by atoms with Gasteiger partial charge in [-0.25, -0.2) is 4.21 Å². The number of carbonyl (C=O) groups excluding carboxylic acids is 2. The van der Waals surface area contributed by atoms with Crippen LogP contribution in [0.15, 0.2) is 36.4 Å². The molecule has 3 aliphatic heterocycles. The number of benzene rings is 2. The molecule has 2 aromatic carbocycles. The molecule has 2 N–H and O–H groups in total. The highest BCUT2D eigenvalue weighted by molar-refractivity contribution is 7.99. The summed E-state index contributed by atoms with van der Waals surface area (Å²) in [5, 5.41) is 3.99. The fourth-order valence-electron chi connectivity index (χ4n) is 9.80. The van der Waals surface area contributed by atoms with E-state index >= 15 is 0 Å². The summed E-state index contributed by atoms with van der Waals surface area (Å²) < 4.78 is 29.3. The number of morpholine rings is 1. The minimum Gasteiger partial charge on any atom is -0.490 e. The third-order valence-electron chi connectivity index (χ3n) is 12.9. The van der Waals surface area contributed by atoms with E-state index < -0.39 is 15.2 Å². The lowest BCUT2D eigenvalue weighted by Gasteiger charge is -2.54. The van der Waals surface area contributed by atoms with Crippen LogP contribution in [-0.4, -0.2) is 90.1 Å². The molecule has 3 heterocycles. The Balaban J connectivity index is 1.32. The van der Waals surface area contributed by atoms with Crippen LogP contribution in [0.4, 0.5) is 5.69 Å². The Morgan fingerprint density at radius 2 is 1.90 bits per heavy atom. The molecule has 7 atom stereocenters. The van der Waals surface area contributed by atoms with Gasteiger partial charge in [-0.05, 0) is 117 Å². The van der Waals surface area contributed by atoms with E-state index in [1.807, 2.05) is 25.1 Å². The second-order valence-electron chi connectivity index (χ2n) is 16.2. The van der Waals surface area contributed by atoms with Crippen molar-refractivity contribution in [3.8, 4) is 5.75 Å². The number of aryl methyl sites for hydroxylation is 1. The first-order valence-electron chi connectivity index (χ1n) is 19.0. The zero-order valence-corrected chi connectivity index (χ0v) is 32.1. The van der Waals surface area contributed by atoms with Gasteiger partial charge < -0.3 is 19.7 Å². The molecule has 1 saturated carbocycles. The van der Waals surface area contributed by atoms with E-state index in [9.17, 15) is 13.8 Å². The number of hydrogen-bond donors (Lipinski definition) is 2. The molecular formula is C40H55ClN4O5S. The predicted octanol–water partition coefficient (Wildman–Crippen LogP) is 5.62. The zero-order chi connectivity index (χ0) is 36.0. The molecule has 1 unspecified atom stereocenters. The molecule has 0 radical (unpaired) electrons. The molecule has 0 aromatic heterocycles. The van der Waals surface area contributed by atoms with Crippen LogP contribution in [-0.2, 0) is 31.1 Å². The van der Waals surface area contributed by atoms with Gasteiger partial charge in [0.2, 0.25) is 5.91 Å². The van der Waals surface area contributed by atoms with Crippen LogP contribution in [0.3, 0.4) is 0 Å². The van der Waals surface area contributed by atoms with E-state index in [0.29, 0.717) is 31.3 Å². The standard InChI is InChI=1S/C40H55ClN4O5S/c1-27-7-5-16-40(42-29(3)46,25-44-17-19-49-20-18-44)35-12-9-32(35)23-45-24-39(15-6-8-30-21-33(41)11-13-34(30)39)26-50-37-14-10-31(22-36(37)45)38(47)43-51(4,48)28(27)2/h10-11,13-14,21-22,27-28,32,35H,4-9,12,15-20,23-26H2,1-3H3,(H,42,46)(H,43,47,48)/t27-,28+,32-,35+,39-,40-,51?/m0/s1. The van der Waals surface area contributed by atoms with E-state index in [0.717, 1.165) is 101 Å². The summed E-state index contributed by atoms with van der Waals surface area (Å²) in [5.74, 6) is 5.10. The molecular weight excluding hydrogens is 684 g/mol. The van der Waals surface area contributed by atoms with Crippen LogP contribution in [0.25, 0.3) is 0 Å². The minimum absolute atomic E-state index is 0.00260. The summed E-state index contributed by atoms with van der Waals surface area (Å²) in [5.41, 5.74) is 3.24. The molecule has 7 rings (SSSR count). The Hall–Kier alpha value is -2.79. The summed E-state index contributed by atoms with van der Waals surface area (Å²) in [6, 6.07) is 11.9. The van der Waals surface area contributed by atoms with Crippen LogP contribution < -0.4 is 19.7 Å². The molecule has 2 fully saturated rings. The first-order chi connectivity index (χ1) is 24.4. The van der Waals surface area contributed by atoms with Crippen molar-refractivity contribution >= 4 is 44.7 Å². The van der Waals surface area contributed by atoms with Crippen LogP contribution in [0.5, 0.6) is 5.75 Å². The number of carbonyl (C=O) groups is 2. The van der Waals surface area contributed by atoms with Gasteiger partial charge in [0, 0.05) is 60.9 Å². The Morgan fingerprint density at radius 3 is 2.65 bits per heavy atom. The largest absolute Gasteiger partial charge is 0.490 e. The zero-order valence-electron chi connectivity index (χ0n) is 30.5. The first-order valence-corrected chi connectivity index (χ1v) is 21.1. The second kappa shape index (κ2) is 14.6. The number of halogens is 1. The van der Waals surface area contributed by atoms with Gasteiger partial charge in [-0.3, -0.25) is 19.2 Å². The SMILES string of the molecule is C=S1(=O)NC(=O)c2ccc3c(c2)N(C[C@@H]2CC[C@H]2[C@](CN2CCOCC2)(NC(C)=O)CCC[C@H](C)[C@H]1C)C[C@@]1(CCCc2cc(Cl)ccc21)CO3. The average molecular weight is 739 g/mol. The van der Waals surface area contributed by atoms with Crippen molar-refractivity contribution in [1.82, 2.24) is 14.9 Å². The van der Waals surface area contributed by atoms with Gasteiger partial charge in [-0.15, -0.1) is 0 Å².